The van der Waals surface area contributed by atoms with E-state index in [0.717, 1.165) is 11.1 Å². The summed E-state index contributed by atoms with van der Waals surface area (Å²) in [6.45, 7) is 8.18. The monoisotopic (exact) mass is 618 g/mol. The fourth-order valence-corrected chi connectivity index (χ4v) is 6.75. The quantitative estimate of drug-likeness (QED) is 0.317. The zero-order valence-electron chi connectivity index (χ0n) is 23.6. The lowest BCUT2D eigenvalue weighted by Crippen LogP contribution is -2.49. The zero-order valence-corrected chi connectivity index (χ0v) is 25.1. The van der Waals surface area contributed by atoms with Crippen LogP contribution in [-0.2, 0) is 15.0 Å². The number of benzene rings is 3. The molecule has 1 spiro atoms. The zero-order chi connectivity index (χ0) is 29.7. The Kier molecular flexibility index (Phi) is 7.43. The van der Waals surface area contributed by atoms with E-state index in [4.69, 9.17) is 4.74 Å². The van der Waals surface area contributed by atoms with E-state index in [1.165, 1.54) is 13.2 Å². The number of nitriles is 1. The van der Waals surface area contributed by atoms with E-state index in [1.54, 1.807) is 30.3 Å². The van der Waals surface area contributed by atoms with Crippen LogP contribution in [0.15, 0.2) is 59.1 Å². The number of hydrogen-bond donors (Lipinski definition) is 3. The second kappa shape index (κ2) is 10.6. The Morgan fingerprint density at radius 3 is 2.63 bits per heavy atom. The highest BCUT2D eigenvalue weighted by Crippen LogP contribution is 2.57. The molecular formula is C32H32BrFN4O3. The molecule has 0 aliphatic carbocycles. The van der Waals surface area contributed by atoms with E-state index in [-0.39, 0.29) is 21.4 Å². The third kappa shape index (κ3) is 4.89. The number of fused-ring (bicyclic) bond motifs is 2. The minimum atomic E-state index is -1.27. The Hall–Kier alpha value is -3.74. The third-order valence-corrected chi connectivity index (χ3v) is 8.62. The van der Waals surface area contributed by atoms with Crippen LogP contribution < -0.4 is 20.7 Å². The van der Waals surface area contributed by atoms with Gasteiger partial charge in [-0.1, -0.05) is 45.0 Å². The molecular weight excluding hydrogens is 587 g/mol. The molecule has 9 heteroatoms. The van der Waals surface area contributed by atoms with Crippen molar-refractivity contribution in [1.29, 1.82) is 5.26 Å². The first kappa shape index (κ1) is 28.8. The SMILES string of the molecule is COc1cc(C#N)ccc1NC(=O)[C@@H]1NC(CC(C)(C)C)[C@@]2(C(=O)Nc3cc(C)ccc32)C1c1cccc(Br)c1F. The number of carbonyl (C=O) groups is 2. The van der Waals surface area contributed by atoms with Crippen molar-refractivity contribution in [2.45, 2.75) is 57.5 Å². The molecule has 3 aromatic rings. The van der Waals surface area contributed by atoms with Gasteiger partial charge in [0.2, 0.25) is 11.8 Å². The summed E-state index contributed by atoms with van der Waals surface area (Å²) in [4.78, 5) is 28.5. The summed E-state index contributed by atoms with van der Waals surface area (Å²) in [5.41, 5.74) is 1.91. The lowest BCUT2D eigenvalue weighted by molar-refractivity contribution is -0.122. The molecule has 212 valence electrons. The van der Waals surface area contributed by atoms with Crippen molar-refractivity contribution in [1.82, 2.24) is 5.32 Å². The first-order valence-electron chi connectivity index (χ1n) is 13.4. The number of nitrogens with zero attached hydrogens (tertiary/aromatic N) is 1. The molecule has 0 aromatic heterocycles. The largest absolute Gasteiger partial charge is 0.495 e. The number of aryl methyl sites for hydroxylation is 1. The highest BCUT2D eigenvalue weighted by molar-refractivity contribution is 9.10. The van der Waals surface area contributed by atoms with E-state index in [1.807, 2.05) is 25.1 Å². The number of nitrogens with one attached hydrogen (secondary N) is 3. The molecule has 3 N–H and O–H groups in total. The summed E-state index contributed by atoms with van der Waals surface area (Å²) in [5.74, 6) is -1.80. The molecule has 3 aromatic carbocycles. The van der Waals surface area contributed by atoms with Crippen molar-refractivity contribution in [3.05, 3.63) is 87.1 Å². The van der Waals surface area contributed by atoms with Gasteiger partial charge in [0.05, 0.1) is 34.9 Å². The van der Waals surface area contributed by atoms with Gasteiger partial charge in [0, 0.05) is 23.7 Å². The van der Waals surface area contributed by atoms with Crippen LogP contribution in [0.1, 0.15) is 55.4 Å². The highest BCUT2D eigenvalue weighted by Gasteiger charge is 2.66. The number of anilines is 2. The van der Waals surface area contributed by atoms with Crippen LogP contribution in [0.5, 0.6) is 5.75 Å². The molecule has 41 heavy (non-hydrogen) atoms. The summed E-state index contributed by atoms with van der Waals surface area (Å²) in [5, 5.41) is 18.8. The van der Waals surface area contributed by atoms with Gasteiger partial charge in [-0.3, -0.25) is 9.59 Å². The minimum absolute atomic E-state index is 0.222. The third-order valence-electron chi connectivity index (χ3n) is 8.00. The van der Waals surface area contributed by atoms with Crippen LogP contribution in [0.3, 0.4) is 0 Å². The van der Waals surface area contributed by atoms with Crippen LogP contribution in [0.2, 0.25) is 0 Å². The Morgan fingerprint density at radius 1 is 1.20 bits per heavy atom. The van der Waals surface area contributed by atoms with Crippen LogP contribution in [0.4, 0.5) is 15.8 Å². The molecule has 0 radical (unpaired) electrons. The van der Waals surface area contributed by atoms with Crippen molar-refractivity contribution < 1.29 is 18.7 Å². The molecule has 4 atom stereocenters. The highest BCUT2D eigenvalue weighted by atomic mass is 79.9. The molecule has 0 bridgehead atoms. The van der Waals surface area contributed by atoms with Gasteiger partial charge in [-0.05, 0) is 75.6 Å². The van der Waals surface area contributed by atoms with Gasteiger partial charge in [-0.25, -0.2) is 4.39 Å². The second-order valence-electron chi connectivity index (χ2n) is 12.0. The number of ether oxygens (including phenoxy) is 1. The van der Waals surface area contributed by atoms with E-state index in [9.17, 15) is 14.9 Å². The van der Waals surface area contributed by atoms with Crippen molar-refractivity contribution >= 4 is 39.1 Å². The molecule has 2 heterocycles. The molecule has 2 aliphatic heterocycles. The van der Waals surface area contributed by atoms with Crippen LogP contribution in [0, 0.1) is 29.5 Å². The van der Waals surface area contributed by atoms with Crippen molar-refractivity contribution in [2.75, 3.05) is 17.7 Å². The van der Waals surface area contributed by atoms with Gasteiger partial charge >= 0.3 is 0 Å². The first-order chi connectivity index (χ1) is 19.4. The molecule has 5 rings (SSSR count). The standard InChI is InChI=1S/C32H32BrFN4O3/c1-17-9-11-20-23(13-17)37-30(40)32(20)25(15-31(2,3)4)38-28(26(32)19-7-6-8-21(33)27(19)34)29(39)36-22-12-10-18(16-35)14-24(22)41-5/h6-14,25-26,28,38H,15H2,1-5H3,(H,36,39)(H,37,40)/t25?,26?,28-,32-/m1/s1. The fraction of sp³-hybridized carbons (Fsp3) is 0.344. The number of methoxy groups -OCH3 is 1. The summed E-state index contributed by atoms with van der Waals surface area (Å²) >= 11 is 3.31. The number of hydrogen-bond acceptors (Lipinski definition) is 5. The van der Waals surface area contributed by atoms with Gasteiger partial charge in [-0.15, -0.1) is 0 Å². The number of halogens is 2. The molecule has 2 amide bonds. The van der Waals surface area contributed by atoms with Gasteiger partial charge in [0.1, 0.15) is 17.0 Å². The molecule has 2 unspecified atom stereocenters. The molecule has 0 saturated carbocycles. The Bertz CT molecular complexity index is 1590. The van der Waals surface area contributed by atoms with E-state index < -0.39 is 35.1 Å². The van der Waals surface area contributed by atoms with E-state index in [2.05, 4.69) is 58.7 Å². The minimum Gasteiger partial charge on any atom is -0.495 e. The average Bonchev–Trinajstić information content (AvgIpc) is 3.39. The Morgan fingerprint density at radius 2 is 1.95 bits per heavy atom. The maximum Gasteiger partial charge on any atom is 0.242 e. The van der Waals surface area contributed by atoms with Crippen molar-refractivity contribution in [2.24, 2.45) is 5.41 Å². The number of rotatable bonds is 5. The normalized spacial score (nSPS) is 23.2. The van der Waals surface area contributed by atoms with Crippen LogP contribution >= 0.6 is 15.9 Å². The van der Waals surface area contributed by atoms with Gasteiger partial charge in [0.15, 0.2) is 0 Å². The van der Waals surface area contributed by atoms with Gasteiger partial charge in [0.25, 0.3) is 0 Å². The number of carbonyl (C=O) groups excluding carboxylic acids is 2. The molecule has 1 fully saturated rings. The maximum atomic E-state index is 16.0. The lowest BCUT2D eigenvalue weighted by Gasteiger charge is -2.37. The predicted octanol–water partition coefficient (Wildman–Crippen LogP) is 6.17. The lowest BCUT2D eigenvalue weighted by atomic mass is 9.62. The van der Waals surface area contributed by atoms with E-state index in [0.29, 0.717) is 29.1 Å². The molecule has 2 aliphatic rings. The van der Waals surface area contributed by atoms with Gasteiger partial charge in [-0.2, -0.15) is 5.26 Å². The summed E-state index contributed by atoms with van der Waals surface area (Å²) < 4.78 is 21.7. The van der Waals surface area contributed by atoms with Crippen molar-refractivity contribution in [3.8, 4) is 11.8 Å². The van der Waals surface area contributed by atoms with Crippen LogP contribution in [0.25, 0.3) is 0 Å². The number of amides is 2. The van der Waals surface area contributed by atoms with Crippen LogP contribution in [-0.4, -0.2) is 31.0 Å². The molecule has 7 nitrogen and oxygen atoms in total. The summed E-state index contributed by atoms with van der Waals surface area (Å²) in [6, 6.07) is 16.1. The predicted molar refractivity (Wildman–Crippen MR) is 159 cm³/mol. The average molecular weight is 620 g/mol. The Balaban J connectivity index is 1.71. The van der Waals surface area contributed by atoms with Gasteiger partial charge < -0.3 is 20.7 Å². The smallest absolute Gasteiger partial charge is 0.242 e. The molecule has 1 saturated heterocycles. The Labute approximate surface area is 247 Å². The summed E-state index contributed by atoms with van der Waals surface area (Å²) in [7, 11) is 1.45. The van der Waals surface area contributed by atoms with Crippen molar-refractivity contribution in [3.63, 3.8) is 0 Å². The summed E-state index contributed by atoms with van der Waals surface area (Å²) in [6.07, 6.45) is 0.545. The topological polar surface area (TPSA) is 103 Å². The van der Waals surface area contributed by atoms with E-state index >= 15 is 4.39 Å². The maximum absolute atomic E-state index is 16.0. The fourth-order valence-electron chi connectivity index (χ4n) is 6.37. The second-order valence-corrected chi connectivity index (χ2v) is 12.8. The first-order valence-corrected chi connectivity index (χ1v) is 14.2.